The van der Waals surface area contributed by atoms with Gasteiger partial charge in [-0.3, -0.25) is 10.1 Å². The van der Waals surface area contributed by atoms with Crippen molar-refractivity contribution >= 4 is 21.5 Å². The van der Waals surface area contributed by atoms with E-state index in [1.54, 1.807) is 20.8 Å². The van der Waals surface area contributed by atoms with Gasteiger partial charge < -0.3 is 14.2 Å². The van der Waals surface area contributed by atoms with Crippen molar-refractivity contribution in [2.24, 2.45) is 0 Å². The van der Waals surface area contributed by atoms with Crippen molar-refractivity contribution in [2.75, 3.05) is 26.9 Å². The number of methoxy groups -OCH3 is 1. The van der Waals surface area contributed by atoms with Crippen molar-refractivity contribution in [2.45, 2.75) is 31.3 Å². The number of nitro groups is 1. The molecule has 1 rings (SSSR count). The van der Waals surface area contributed by atoms with Crippen molar-refractivity contribution in [1.82, 2.24) is 0 Å². The van der Waals surface area contributed by atoms with E-state index >= 15 is 0 Å². The van der Waals surface area contributed by atoms with Crippen molar-refractivity contribution < 1.29 is 32.3 Å². The van der Waals surface area contributed by atoms with Crippen molar-refractivity contribution in [3.05, 3.63) is 45.4 Å². The second-order valence-corrected chi connectivity index (χ2v) is 8.28. The maximum Gasteiger partial charge on any atom is 0.337 e. The predicted molar refractivity (Wildman–Crippen MR) is 96.9 cm³/mol. The zero-order chi connectivity index (χ0) is 20.7. The Morgan fingerprint density at radius 2 is 1.78 bits per heavy atom. The fraction of sp³-hybridized carbons (Fsp3) is 0.471. The van der Waals surface area contributed by atoms with E-state index in [1.165, 1.54) is 7.11 Å². The number of sulfone groups is 1. The zero-order valence-corrected chi connectivity index (χ0v) is 16.4. The first-order valence-corrected chi connectivity index (χ1v) is 9.51. The molecule has 0 aromatic heterocycles. The number of non-ortho nitro benzene ring substituents is 1. The van der Waals surface area contributed by atoms with E-state index in [-0.39, 0.29) is 36.0 Å². The maximum absolute atomic E-state index is 12.5. The van der Waals surface area contributed by atoms with Gasteiger partial charge in [0.15, 0.2) is 9.84 Å². The van der Waals surface area contributed by atoms with Gasteiger partial charge in [0, 0.05) is 24.7 Å². The Balaban J connectivity index is 3.14. The Bertz CT molecular complexity index is 791. The van der Waals surface area contributed by atoms with Crippen LogP contribution in [0.4, 0.5) is 5.69 Å². The first-order valence-electron chi connectivity index (χ1n) is 7.96. The molecule has 0 aliphatic carbocycles. The van der Waals surface area contributed by atoms with Crippen LogP contribution < -0.4 is 0 Å². The van der Waals surface area contributed by atoms with E-state index < -0.39 is 26.3 Å². The molecular weight excluding hydrogens is 378 g/mol. The number of rotatable bonds is 9. The molecule has 150 valence electrons. The lowest BCUT2D eigenvalue weighted by Crippen LogP contribution is -2.26. The lowest BCUT2D eigenvalue weighted by atomic mass is 10.2. The summed E-state index contributed by atoms with van der Waals surface area (Å²) in [6, 6.07) is 4.34. The summed E-state index contributed by atoms with van der Waals surface area (Å²) < 4.78 is 40.4. The Hall–Kier alpha value is -2.30. The van der Waals surface area contributed by atoms with Crippen LogP contribution in [-0.4, -0.2) is 51.8 Å². The lowest BCUT2D eigenvalue weighted by molar-refractivity contribution is -0.384. The molecule has 0 heterocycles. The van der Waals surface area contributed by atoms with Gasteiger partial charge in [0.25, 0.3) is 5.69 Å². The number of hydrogen-bond donors (Lipinski definition) is 0. The molecule has 0 fully saturated rings. The zero-order valence-electron chi connectivity index (χ0n) is 15.6. The van der Waals surface area contributed by atoms with Crippen LogP contribution in [0.2, 0.25) is 0 Å². The number of nitrogens with zero attached hydrogens (tertiary/aromatic N) is 1. The molecule has 0 unspecified atom stereocenters. The Labute approximate surface area is 158 Å². The summed E-state index contributed by atoms with van der Waals surface area (Å²) in [5.74, 6) is -0.828. The average molecular weight is 401 g/mol. The van der Waals surface area contributed by atoms with Gasteiger partial charge in [-0.05, 0) is 32.9 Å². The summed E-state index contributed by atoms with van der Waals surface area (Å²) >= 11 is 0. The molecule has 0 aliphatic heterocycles. The minimum atomic E-state index is -4.04. The van der Waals surface area contributed by atoms with Gasteiger partial charge in [-0.15, -0.1) is 0 Å². The highest BCUT2D eigenvalue weighted by Gasteiger charge is 2.23. The molecule has 0 spiro atoms. The highest BCUT2D eigenvalue weighted by atomic mass is 32.2. The molecular formula is C17H23NO8S. The highest BCUT2D eigenvalue weighted by molar-refractivity contribution is 7.94. The molecule has 0 saturated carbocycles. The molecule has 1 aromatic carbocycles. The molecule has 0 amide bonds. The third kappa shape index (κ3) is 7.85. The number of esters is 1. The Morgan fingerprint density at radius 3 is 2.26 bits per heavy atom. The number of carbonyl (C=O) groups excluding carboxylic acids is 1. The summed E-state index contributed by atoms with van der Waals surface area (Å²) in [4.78, 5) is 22.2. The van der Waals surface area contributed by atoms with Gasteiger partial charge in [0.1, 0.15) is 5.60 Å². The van der Waals surface area contributed by atoms with Gasteiger partial charge in [-0.1, -0.05) is 0 Å². The highest BCUT2D eigenvalue weighted by Crippen LogP contribution is 2.20. The summed E-state index contributed by atoms with van der Waals surface area (Å²) in [6.45, 7) is 5.10. The van der Waals surface area contributed by atoms with E-state index in [9.17, 15) is 23.3 Å². The number of nitro benzene ring substituents is 1. The third-order valence-corrected chi connectivity index (χ3v) is 4.55. The molecule has 0 saturated heterocycles. The second-order valence-electron chi connectivity index (χ2n) is 6.49. The van der Waals surface area contributed by atoms with Crippen molar-refractivity contribution in [1.29, 1.82) is 0 Å². The van der Waals surface area contributed by atoms with Crippen molar-refractivity contribution in [3.8, 4) is 0 Å². The molecule has 1 aromatic rings. The monoisotopic (exact) mass is 401 g/mol. The summed E-state index contributed by atoms with van der Waals surface area (Å²) in [6.07, 6.45) is 0. The van der Waals surface area contributed by atoms with Crippen LogP contribution >= 0.6 is 0 Å². The van der Waals surface area contributed by atoms with Gasteiger partial charge in [-0.25, -0.2) is 13.2 Å². The topological polar surface area (TPSA) is 122 Å². The third-order valence-electron chi connectivity index (χ3n) is 3.02. The van der Waals surface area contributed by atoms with E-state index in [1.807, 2.05) is 0 Å². The van der Waals surface area contributed by atoms with Crippen LogP contribution in [0.3, 0.4) is 0 Å². The fourth-order valence-corrected chi connectivity index (χ4v) is 3.01. The minimum absolute atomic E-state index is 0.161. The quantitative estimate of drug-likeness (QED) is 0.203. The molecule has 0 N–H and O–H groups in total. The standard InChI is InChI=1S/C17H23NO8S/c1-17(2,3)26-16(19)13(11-25-10-9-24-4)12-27(22,23)15-7-5-14(6-8-15)18(20)21/h5-8,12H,9-11H2,1-4H3. The smallest absolute Gasteiger partial charge is 0.337 e. The molecule has 0 aliphatic rings. The SMILES string of the molecule is COCCOCC(=CS(=O)(=O)c1ccc([N+](=O)[O-])cc1)C(=O)OC(C)(C)C. The summed E-state index contributed by atoms with van der Waals surface area (Å²) in [5, 5.41) is 11.4. The van der Waals surface area contributed by atoms with E-state index in [2.05, 4.69) is 0 Å². The van der Waals surface area contributed by atoms with E-state index in [0.29, 0.717) is 0 Å². The summed E-state index contributed by atoms with van der Waals surface area (Å²) in [7, 11) is -2.56. The predicted octanol–water partition coefficient (Wildman–Crippen LogP) is 2.26. The number of benzene rings is 1. The van der Waals surface area contributed by atoms with Crippen LogP contribution in [-0.2, 0) is 28.8 Å². The molecule has 9 nitrogen and oxygen atoms in total. The minimum Gasteiger partial charge on any atom is -0.457 e. The van der Waals surface area contributed by atoms with Gasteiger partial charge in [0.2, 0.25) is 0 Å². The van der Waals surface area contributed by atoms with Crippen LogP contribution in [0.15, 0.2) is 40.1 Å². The van der Waals surface area contributed by atoms with Crippen molar-refractivity contribution in [3.63, 3.8) is 0 Å². The fourth-order valence-electron chi connectivity index (χ4n) is 1.82. The molecule has 0 bridgehead atoms. The van der Waals surface area contributed by atoms with E-state index in [4.69, 9.17) is 14.2 Å². The Kier molecular flexibility index (Phi) is 8.07. The first-order chi connectivity index (χ1) is 12.5. The number of hydrogen-bond acceptors (Lipinski definition) is 8. The number of carbonyl (C=O) groups is 1. The van der Waals surface area contributed by atoms with Crippen LogP contribution in [0.5, 0.6) is 0 Å². The van der Waals surface area contributed by atoms with Crippen LogP contribution in [0.1, 0.15) is 20.8 Å². The molecule has 0 radical (unpaired) electrons. The lowest BCUT2D eigenvalue weighted by Gasteiger charge is -2.20. The van der Waals surface area contributed by atoms with Gasteiger partial charge >= 0.3 is 5.97 Å². The average Bonchev–Trinajstić information content (AvgIpc) is 2.56. The van der Waals surface area contributed by atoms with Crippen LogP contribution in [0.25, 0.3) is 0 Å². The first kappa shape index (κ1) is 22.7. The maximum atomic E-state index is 12.5. The summed E-state index contributed by atoms with van der Waals surface area (Å²) in [5.41, 5.74) is -1.26. The largest absolute Gasteiger partial charge is 0.457 e. The normalized spacial score (nSPS) is 12.7. The molecule has 10 heteroatoms. The molecule has 27 heavy (non-hydrogen) atoms. The Morgan fingerprint density at radius 1 is 1.19 bits per heavy atom. The molecule has 0 atom stereocenters. The number of ether oxygens (including phenoxy) is 3. The van der Waals surface area contributed by atoms with E-state index in [0.717, 1.165) is 29.7 Å². The second kappa shape index (κ2) is 9.58. The van der Waals surface area contributed by atoms with Gasteiger partial charge in [0.05, 0.1) is 35.2 Å². The van der Waals surface area contributed by atoms with Gasteiger partial charge in [-0.2, -0.15) is 0 Å². The van der Waals surface area contributed by atoms with Crippen LogP contribution in [0, 0.1) is 10.1 Å².